The summed E-state index contributed by atoms with van der Waals surface area (Å²) in [6.07, 6.45) is 8.18. The molecule has 0 radical (unpaired) electrons. The van der Waals surface area contributed by atoms with Crippen LogP contribution in [0.1, 0.15) is 104 Å². The molecule has 2 aromatic carbocycles. The van der Waals surface area contributed by atoms with Gasteiger partial charge >= 0.3 is 35.8 Å². The number of amides is 1. The second kappa shape index (κ2) is 25.1. The molecule has 0 unspecified atom stereocenters. The summed E-state index contributed by atoms with van der Waals surface area (Å²) in [5, 5.41) is 2.54. The molecule has 0 spiro atoms. The lowest BCUT2D eigenvalue weighted by Gasteiger charge is -2.32. The first-order valence-electron chi connectivity index (χ1n) is 21.3. The number of halogens is 1. The van der Waals surface area contributed by atoms with E-state index in [1.54, 1.807) is 6.07 Å². The van der Waals surface area contributed by atoms with Crippen molar-refractivity contribution in [1.29, 1.82) is 0 Å². The van der Waals surface area contributed by atoms with E-state index in [2.05, 4.69) is 32.0 Å². The SMILES string of the molecule is C=C(C)C(=O)NCC(COC(=O)C(=O)OCC)(COC(=O)C(=O)OCC)COc1ccc(-c2cc(OC(=O)C(=C)C)c(C3CCC(CCCCC)CC3)cc2OC(=O)C(=C)C)cc1F. The molecule has 0 heterocycles. The van der Waals surface area contributed by atoms with Crippen molar-refractivity contribution in [3.8, 4) is 28.4 Å². The van der Waals surface area contributed by atoms with Gasteiger partial charge in [-0.05, 0) is 102 Å². The fraction of sp³-hybridized carbons (Fsp3) is 0.479. The maximum Gasteiger partial charge on any atom is 0.417 e. The molecule has 1 aliphatic carbocycles. The van der Waals surface area contributed by atoms with Gasteiger partial charge < -0.3 is 38.5 Å². The minimum Gasteiger partial charge on any atom is -0.490 e. The third-order valence-corrected chi connectivity index (χ3v) is 10.4. The van der Waals surface area contributed by atoms with E-state index in [9.17, 15) is 33.6 Å². The van der Waals surface area contributed by atoms with Gasteiger partial charge in [0.15, 0.2) is 11.6 Å². The van der Waals surface area contributed by atoms with Crippen LogP contribution < -0.4 is 19.5 Å². The smallest absolute Gasteiger partial charge is 0.417 e. The average molecular weight is 894 g/mol. The van der Waals surface area contributed by atoms with Crippen LogP contribution in [0.5, 0.6) is 17.2 Å². The highest BCUT2D eigenvalue weighted by atomic mass is 19.1. The largest absolute Gasteiger partial charge is 0.490 e. The third-order valence-electron chi connectivity index (χ3n) is 10.4. The molecular formula is C48H60FNO14. The van der Waals surface area contributed by atoms with E-state index in [-0.39, 0.29) is 64.2 Å². The number of hydrogen-bond donors (Lipinski definition) is 1. The van der Waals surface area contributed by atoms with Crippen molar-refractivity contribution in [2.75, 3.05) is 39.6 Å². The Kier molecular flexibility index (Phi) is 20.4. The molecule has 1 fully saturated rings. The van der Waals surface area contributed by atoms with Crippen LogP contribution in [0, 0.1) is 17.2 Å². The summed E-state index contributed by atoms with van der Waals surface area (Å²) in [6.45, 7) is 17.6. The van der Waals surface area contributed by atoms with Gasteiger partial charge in [-0.15, -0.1) is 0 Å². The summed E-state index contributed by atoms with van der Waals surface area (Å²) in [5.41, 5.74) is -0.410. The van der Waals surface area contributed by atoms with E-state index in [0.29, 0.717) is 11.5 Å². The number of esters is 6. The van der Waals surface area contributed by atoms with Gasteiger partial charge in [-0.3, -0.25) is 4.79 Å². The fourth-order valence-corrected chi connectivity index (χ4v) is 6.76. The van der Waals surface area contributed by atoms with Gasteiger partial charge in [-0.2, -0.15) is 0 Å². The maximum atomic E-state index is 16.3. The average Bonchev–Trinajstić information content (AvgIpc) is 3.26. The van der Waals surface area contributed by atoms with Crippen LogP contribution in [0.25, 0.3) is 11.1 Å². The van der Waals surface area contributed by atoms with Crippen molar-refractivity contribution in [2.45, 2.75) is 98.8 Å². The number of unbranched alkanes of at least 4 members (excludes halogenated alkanes) is 2. The van der Waals surface area contributed by atoms with Crippen LogP contribution >= 0.6 is 0 Å². The molecule has 1 amide bonds. The lowest BCUT2D eigenvalue weighted by molar-refractivity contribution is -0.175. The topological polar surface area (TPSA) is 196 Å². The van der Waals surface area contributed by atoms with Crippen LogP contribution in [0.15, 0.2) is 66.8 Å². The zero-order valence-corrected chi connectivity index (χ0v) is 37.7. The minimum absolute atomic E-state index is 0.0345. The summed E-state index contributed by atoms with van der Waals surface area (Å²) in [7, 11) is 0. The van der Waals surface area contributed by atoms with E-state index in [1.807, 2.05) is 0 Å². The normalized spacial score (nSPS) is 14.5. The molecule has 16 heteroatoms. The number of rotatable bonds is 22. The van der Waals surface area contributed by atoms with E-state index in [4.69, 9.17) is 33.2 Å². The predicted octanol–water partition coefficient (Wildman–Crippen LogP) is 7.58. The molecule has 0 aliphatic heterocycles. The van der Waals surface area contributed by atoms with Gasteiger partial charge in [0.05, 0.1) is 18.6 Å². The Bertz CT molecular complexity index is 2050. The third kappa shape index (κ3) is 15.5. The number of ether oxygens (including phenoxy) is 7. The van der Waals surface area contributed by atoms with Crippen molar-refractivity contribution in [2.24, 2.45) is 11.3 Å². The van der Waals surface area contributed by atoms with E-state index in [1.165, 1.54) is 59.2 Å². The minimum atomic E-state index is -1.77. The Hall–Kier alpha value is -6.32. The first kappa shape index (κ1) is 52.0. The Morgan fingerprint density at radius 1 is 0.656 bits per heavy atom. The first-order chi connectivity index (χ1) is 30.3. The van der Waals surface area contributed by atoms with Crippen molar-refractivity contribution in [3.63, 3.8) is 0 Å². The van der Waals surface area contributed by atoms with Gasteiger partial charge in [-0.1, -0.05) is 58.4 Å². The highest BCUT2D eigenvalue weighted by Gasteiger charge is 2.38. The van der Waals surface area contributed by atoms with Gasteiger partial charge in [0.2, 0.25) is 5.91 Å². The lowest BCUT2D eigenvalue weighted by atomic mass is 9.76. The van der Waals surface area contributed by atoms with Crippen LogP contribution in [0.3, 0.4) is 0 Å². The van der Waals surface area contributed by atoms with Gasteiger partial charge in [0, 0.05) is 34.4 Å². The zero-order chi connectivity index (χ0) is 47.6. The van der Waals surface area contributed by atoms with Gasteiger partial charge in [0.25, 0.3) is 0 Å². The number of nitrogens with one attached hydrogen (secondary N) is 1. The Morgan fingerprint density at radius 3 is 1.70 bits per heavy atom. The van der Waals surface area contributed by atoms with Gasteiger partial charge in [-0.25, -0.2) is 33.2 Å². The van der Waals surface area contributed by atoms with Crippen molar-refractivity contribution in [1.82, 2.24) is 5.32 Å². The quantitative estimate of drug-likeness (QED) is 0.0303. The molecule has 348 valence electrons. The summed E-state index contributed by atoms with van der Waals surface area (Å²) >= 11 is 0. The maximum absolute atomic E-state index is 16.3. The highest BCUT2D eigenvalue weighted by Crippen LogP contribution is 2.46. The van der Waals surface area contributed by atoms with Crippen molar-refractivity contribution >= 4 is 41.7 Å². The molecular weight excluding hydrogens is 834 g/mol. The van der Waals surface area contributed by atoms with E-state index in [0.717, 1.165) is 51.0 Å². The molecule has 15 nitrogen and oxygen atoms in total. The lowest BCUT2D eigenvalue weighted by Crippen LogP contribution is -2.49. The molecule has 1 N–H and O–H groups in total. The predicted molar refractivity (Wildman–Crippen MR) is 233 cm³/mol. The molecule has 1 aliphatic rings. The Balaban J connectivity index is 2.09. The number of carbonyl (C=O) groups is 7. The second-order valence-corrected chi connectivity index (χ2v) is 15.9. The summed E-state index contributed by atoms with van der Waals surface area (Å²) < 4.78 is 53.6. The van der Waals surface area contributed by atoms with Crippen LogP contribution in [-0.2, 0) is 52.5 Å². The number of carbonyl (C=O) groups excluding carboxylic acids is 7. The molecule has 0 aromatic heterocycles. The summed E-state index contributed by atoms with van der Waals surface area (Å²) in [4.78, 5) is 87.9. The van der Waals surface area contributed by atoms with Crippen molar-refractivity contribution < 1.29 is 71.1 Å². The summed E-state index contributed by atoms with van der Waals surface area (Å²) in [6, 6.07) is 6.94. The first-order valence-corrected chi connectivity index (χ1v) is 21.3. The summed E-state index contributed by atoms with van der Waals surface area (Å²) in [5.74, 6) is -8.13. The van der Waals surface area contributed by atoms with Crippen LogP contribution in [0.4, 0.5) is 4.39 Å². The molecule has 1 saturated carbocycles. The Labute approximate surface area is 373 Å². The zero-order valence-electron chi connectivity index (χ0n) is 37.7. The van der Waals surface area contributed by atoms with E-state index < -0.39 is 79.3 Å². The Morgan fingerprint density at radius 2 is 1.20 bits per heavy atom. The fourth-order valence-electron chi connectivity index (χ4n) is 6.76. The molecule has 0 bridgehead atoms. The number of hydrogen-bond acceptors (Lipinski definition) is 14. The molecule has 2 aromatic rings. The molecule has 0 saturated heterocycles. The van der Waals surface area contributed by atoms with Crippen LogP contribution in [0.2, 0.25) is 0 Å². The highest BCUT2D eigenvalue weighted by molar-refractivity contribution is 6.30. The second-order valence-electron chi connectivity index (χ2n) is 15.9. The van der Waals surface area contributed by atoms with Gasteiger partial charge in [0.1, 0.15) is 31.3 Å². The van der Waals surface area contributed by atoms with Crippen LogP contribution in [-0.4, -0.2) is 81.3 Å². The number of benzene rings is 2. The molecule has 3 rings (SSSR count). The molecule has 0 atom stereocenters. The monoisotopic (exact) mass is 893 g/mol. The van der Waals surface area contributed by atoms with Crippen molar-refractivity contribution in [3.05, 3.63) is 78.2 Å². The molecule has 64 heavy (non-hydrogen) atoms. The standard InChI is InChI=1S/C48H60FNO14/c1-10-13-14-15-32-16-18-33(19-17-32)35-23-40(64-43(53)31(8)9)36(24-39(35)63-42(52)30(6)7)34-20-21-38(37(49)22-34)60-26-48(25-50-41(51)29(4)5,27-61-46(56)44(54)58-11-2)28-62-47(57)45(55)59-12-3/h20-24,32-33H,4,6,8,10-19,25-28H2,1-3,5,7,9H3,(H,50,51). The van der Waals surface area contributed by atoms with E-state index >= 15 is 4.39 Å².